The van der Waals surface area contributed by atoms with E-state index >= 15 is 0 Å². The highest BCUT2D eigenvalue weighted by Gasteiger charge is 2.26. The topological polar surface area (TPSA) is 77.0 Å². The maximum absolute atomic E-state index is 11.9. The van der Waals surface area contributed by atoms with Crippen LogP contribution in [-0.2, 0) is 9.59 Å². The van der Waals surface area contributed by atoms with E-state index in [9.17, 15) is 9.59 Å². The molecule has 3 aromatic rings. The summed E-state index contributed by atoms with van der Waals surface area (Å²) in [7, 11) is 0. The SMILES string of the molecule is CC(=O)Oc1c(N=C=O)ccc2c(OC(C)(C)C)cc3c(c12)Nc1ccccc1S3. The van der Waals surface area contributed by atoms with Crippen LogP contribution in [0.25, 0.3) is 10.8 Å². The van der Waals surface area contributed by atoms with E-state index in [-0.39, 0.29) is 11.4 Å². The molecule has 0 unspecified atom stereocenters. The molecule has 3 aromatic carbocycles. The van der Waals surface area contributed by atoms with Gasteiger partial charge in [-0.2, -0.15) is 4.99 Å². The van der Waals surface area contributed by atoms with E-state index in [0.717, 1.165) is 26.6 Å². The Kier molecular flexibility index (Phi) is 5.02. The molecule has 0 saturated carbocycles. The fourth-order valence-corrected chi connectivity index (χ4v) is 4.37. The summed E-state index contributed by atoms with van der Waals surface area (Å²) in [5.41, 5.74) is 1.51. The van der Waals surface area contributed by atoms with Gasteiger partial charge in [-0.05, 0) is 51.1 Å². The number of carbonyl (C=O) groups excluding carboxylic acids is 2. The molecule has 0 spiro atoms. The van der Waals surface area contributed by atoms with Crippen LogP contribution in [0.2, 0.25) is 0 Å². The number of hydrogen-bond acceptors (Lipinski definition) is 7. The quantitative estimate of drug-likeness (QED) is 0.186. The summed E-state index contributed by atoms with van der Waals surface area (Å²) in [5, 5.41) is 4.82. The molecular weight excluding hydrogens is 400 g/mol. The average Bonchev–Trinajstić information content (AvgIpc) is 2.66. The Hall–Kier alpha value is -3.28. The molecule has 1 aliphatic rings. The highest BCUT2D eigenvalue weighted by atomic mass is 32.2. The van der Waals surface area contributed by atoms with Crippen molar-refractivity contribution >= 4 is 51.6 Å². The molecule has 0 atom stereocenters. The van der Waals surface area contributed by atoms with Gasteiger partial charge >= 0.3 is 5.97 Å². The minimum Gasteiger partial charge on any atom is -0.487 e. The van der Waals surface area contributed by atoms with E-state index in [2.05, 4.69) is 10.3 Å². The highest BCUT2D eigenvalue weighted by Crippen LogP contribution is 2.53. The first-order valence-electron chi connectivity index (χ1n) is 9.40. The summed E-state index contributed by atoms with van der Waals surface area (Å²) in [6.45, 7) is 7.22. The maximum atomic E-state index is 11.9. The molecule has 0 fully saturated rings. The zero-order valence-electron chi connectivity index (χ0n) is 17.0. The van der Waals surface area contributed by atoms with Crippen molar-refractivity contribution in [2.45, 2.75) is 43.1 Å². The lowest BCUT2D eigenvalue weighted by Gasteiger charge is -2.27. The van der Waals surface area contributed by atoms with Crippen LogP contribution >= 0.6 is 11.8 Å². The summed E-state index contributed by atoms with van der Waals surface area (Å²) < 4.78 is 11.8. The molecule has 1 heterocycles. The molecule has 0 aliphatic carbocycles. The van der Waals surface area contributed by atoms with Crippen LogP contribution in [-0.4, -0.2) is 17.7 Å². The Bertz CT molecular complexity index is 1220. The van der Waals surface area contributed by atoms with Crippen LogP contribution in [0.4, 0.5) is 17.1 Å². The van der Waals surface area contributed by atoms with Gasteiger partial charge < -0.3 is 14.8 Å². The van der Waals surface area contributed by atoms with E-state index in [1.807, 2.05) is 57.2 Å². The molecule has 7 heteroatoms. The van der Waals surface area contributed by atoms with Gasteiger partial charge in [-0.1, -0.05) is 23.9 Å². The average molecular weight is 420 g/mol. The lowest BCUT2D eigenvalue weighted by molar-refractivity contribution is -0.131. The van der Waals surface area contributed by atoms with Crippen molar-refractivity contribution in [2.24, 2.45) is 4.99 Å². The van der Waals surface area contributed by atoms with Crippen LogP contribution < -0.4 is 14.8 Å². The molecule has 30 heavy (non-hydrogen) atoms. The van der Waals surface area contributed by atoms with Crippen LogP contribution in [0.3, 0.4) is 0 Å². The third-order valence-electron chi connectivity index (χ3n) is 4.36. The van der Waals surface area contributed by atoms with Gasteiger partial charge in [-0.3, -0.25) is 4.79 Å². The molecule has 0 saturated heterocycles. The molecule has 0 radical (unpaired) electrons. The van der Waals surface area contributed by atoms with Crippen LogP contribution in [0.5, 0.6) is 11.5 Å². The van der Waals surface area contributed by atoms with Crippen molar-refractivity contribution in [3.05, 3.63) is 42.5 Å². The second-order valence-electron chi connectivity index (χ2n) is 7.82. The van der Waals surface area contributed by atoms with Crippen LogP contribution in [0.15, 0.2) is 57.2 Å². The summed E-state index contributed by atoms with van der Waals surface area (Å²) in [4.78, 5) is 28.6. The van der Waals surface area contributed by atoms with E-state index < -0.39 is 11.6 Å². The minimum absolute atomic E-state index is 0.200. The zero-order chi connectivity index (χ0) is 21.5. The van der Waals surface area contributed by atoms with Gasteiger partial charge in [0.1, 0.15) is 17.0 Å². The largest absolute Gasteiger partial charge is 0.487 e. The monoisotopic (exact) mass is 420 g/mol. The van der Waals surface area contributed by atoms with E-state index in [4.69, 9.17) is 9.47 Å². The van der Waals surface area contributed by atoms with Gasteiger partial charge in [0.25, 0.3) is 0 Å². The zero-order valence-corrected chi connectivity index (χ0v) is 17.8. The van der Waals surface area contributed by atoms with Crippen LogP contribution in [0, 0.1) is 0 Å². The summed E-state index contributed by atoms with van der Waals surface area (Å²) in [6.07, 6.45) is 1.54. The van der Waals surface area contributed by atoms with Gasteiger partial charge in [0.2, 0.25) is 6.08 Å². The number of aliphatic imine (C=N–C) groups is 1. The third kappa shape index (κ3) is 3.77. The lowest BCUT2D eigenvalue weighted by Crippen LogP contribution is -2.23. The number of hydrogen-bond donors (Lipinski definition) is 1. The van der Waals surface area contributed by atoms with Crippen molar-refractivity contribution in [2.75, 3.05) is 5.32 Å². The number of nitrogens with one attached hydrogen (secondary N) is 1. The minimum atomic E-state index is -0.510. The Labute approximate surface area is 178 Å². The molecule has 1 aliphatic heterocycles. The second-order valence-corrected chi connectivity index (χ2v) is 8.90. The summed E-state index contributed by atoms with van der Waals surface area (Å²) in [6, 6.07) is 13.4. The van der Waals surface area contributed by atoms with Crippen LogP contribution in [0.1, 0.15) is 27.7 Å². The Morgan fingerprint density at radius 1 is 1.13 bits per heavy atom. The predicted molar refractivity (Wildman–Crippen MR) is 117 cm³/mol. The molecule has 4 rings (SSSR count). The van der Waals surface area contributed by atoms with Crippen molar-refractivity contribution in [3.8, 4) is 11.5 Å². The van der Waals surface area contributed by atoms with E-state index in [1.54, 1.807) is 17.8 Å². The Morgan fingerprint density at radius 2 is 1.90 bits per heavy atom. The highest BCUT2D eigenvalue weighted by molar-refractivity contribution is 7.99. The van der Waals surface area contributed by atoms with Gasteiger partial charge in [0, 0.05) is 22.1 Å². The number of esters is 1. The second kappa shape index (κ2) is 7.52. The molecule has 0 amide bonds. The third-order valence-corrected chi connectivity index (χ3v) is 5.47. The molecular formula is C23H20N2O4S. The molecule has 0 bridgehead atoms. The van der Waals surface area contributed by atoms with Crippen molar-refractivity contribution in [1.82, 2.24) is 0 Å². The maximum Gasteiger partial charge on any atom is 0.308 e. The summed E-state index contributed by atoms with van der Waals surface area (Å²) in [5.74, 6) is 0.344. The van der Waals surface area contributed by atoms with Crippen molar-refractivity contribution in [3.63, 3.8) is 0 Å². The fraction of sp³-hybridized carbons (Fsp3) is 0.217. The molecule has 0 aromatic heterocycles. The number of nitrogens with zero attached hydrogens (tertiary/aromatic N) is 1. The lowest BCUT2D eigenvalue weighted by atomic mass is 10.0. The number of ether oxygens (including phenoxy) is 2. The van der Waals surface area contributed by atoms with Gasteiger partial charge in [-0.25, -0.2) is 4.79 Å². The first-order chi connectivity index (χ1) is 14.3. The van der Waals surface area contributed by atoms with Crippen molar-refractivity contribution < 1.29 is 19.1 Å². The predicted octanol–water partition coefficient (Wildman–Crippen LogP) is 6.12. The number of fused-ring (bicyclic) bond motifs is 4. The number of carbonyl (C=O) groups is 1. The standard InChI is InChI=1S/C23H20N2O4S/c1-13(27)28-22-16(24-12-26)10-9-14-17(29-23(2,3)4)11-19-21(20(14)22)25-15-7-5-6-8-18(15)30-19/h5-11,25H,1-4H3. The first-order valence-corrected chi connectivity index (χ1v) is 10.2. The number of para-hydroxylation sites is 1. The molecule has 1 N–H and O–H groups in total. The van der Waals surface area contributed by atoms with E-state index in [0.29, 0.717) is 11.1 Å². The van der Waals surface area contributed by atoms with Gasteiger partial charge in [0.15, 0.2) is 5.75 Å². The summed E-state index contributed by atoms with van der Waals surface area (Å²) >= 11 is 1.59. The number of benzene rings is 3. The van der Waals surface area contributed by atoms with Crippen molar-refractivity contribution in [1.29, 1.82) is 0 Å². The first kappa shape index (κ1) is 20.0. The van der Waals surface area contributed by atoms with E-state index in [1.165, 1.54) is 13.0 Å². The van der Waals surface area contributed by atoms with Gasteiger partial charge in [0.05, 0.1) is 16.8 Å². The molecule has 6 nitrogen and oxygen atoms in total. The number of rotatable bonds is 3. The normalized spacial score (nSPS) is 12.3. The fourth-order valence-electron chi connectivity index (χ4n) is 3.33. The Morgan fingerprint density at radius 3 is 2.60 bits per heavy atom. The number of isocyanates is 1. The number of anilines is 2. The van der Waals surface area contributed by atoms with Gasteiger partial charge in [-0.15, -0.1) is 0 Å². The Balaban J connectivity index is 2.07. The smallest absolute Gasteiger partial charge is 0.308 e. The molecule has 152 valence electrons.